The molecule has 90 valence electrons. The zero-order valence-electron chi connectivity index (χ0n) is 10.5. The largest absolute Gasteiger partial charge is 0.399 e. The molecule has 0 aliphatic carbocycles. The van der Waals surface area contributed by atoms with E-state index in [-0.39, 0.29) is 0 Å². The molecule has 2 rings (SSSR count). The molecular formula is C14H19N3. The number of nitrogens with two attached hydrogens (primary N) is 1. The summed E-state index contributed by atoms with van der Waals surface area (Å²) in [7, 11) is 0. The van der Waals surface area contributed by atoms with Crippen molar-refractivity contribution in [3.63, 3.8) is 0 Å². The Hall–Kier alpha value is -1.77. The maximum atomic E-state index is 5.92. The summed E-state index contributed by atoms with van der Waals surface area (Å²) in [6.07, 6.45) is 5.89. The van der Waals surface area contributed by atoms with Gasteiger partial charge < -0.3 is 10.3 Å². The Balaban J connectivity index is 2.25. The second-order valence-electron chi connectivity index (χ2n) is 4.35. The number of anilines is 1. The van der Waals surface area contributed by atoms with E-state index >= 15 is 0 Å². The van der Waals surface area contributed by atoms with Crippen LogP contribution in [-0.4, -0.2) is 9.55 Å². The second-order valence-corrected chi connectivity index (χ2v) is 4.35. The lowest BCUT2D eigenvalue weighted by Gasteiger charge is -2.10. The third-order valence-electron chi connectivity index (χ3n) is 3.10. The Morgan fingerprint density at radius 2 is 2.18 bits per heavy atom. The van der Waals surface area contributed by atoms with Gasteiger partial charge in [-0.3, -0.25) is 0 Å². The van der Waals surface area contributed by atoms with Crippen molar-refractivity contribution in [1.82, 2.24) is 9.55 Å². The highest BCUT2D eigenvalue weighted by Gasteiger charge is 2.06. The molecule has 3 heteroatoms. The molecule has 1 aromatic carbocycles. The van der Waals surface area contributed by atoms with Crippen LogP contribution in [0.2, 0.25) is 0 Å². The van der Waals surface area contributed by atoms with E-state index in [1.165, 1.54) is 11.1 Å². The van der Waals surface area contributed by atoms with Crippen LogP contribution in [0.1, 0.15) is 30.3 Å². The van der Waals surface area contributed by atoms with Crippen molar-refractivity contribution in [3.8, 4) is 0 Å². The molecule has 0 saturated heterocycles. The van der Waals surface area contributed by atoms with Gasteiger partial charge in [-0.15, -0.1) is 0 Å². The number of hydrogen-bond acceptors (Lipinski definition) is 2. The van der Waals surface area contributed by atoms with Crippen molar-refractivity contribution in [2.24, 2.45) is 0 Å². The van der Waals surface area contributed by atoms with E-state index in [9.17, 15) is 0 Å². The van der Waals surface area contributed by atoms with Gasteiger partial charge >= 0.3 is 0 Å². The predicted octanol–water partition coefficient (Wildman–Crippen LogP) is 2.77. The molecule has 2 N–H and O–H groups in total. The van der Waals surface area contributed by atoms with Crippen LogP contribution in [0.3, 0.4) is 0 Å². The highest BCUT2D eigenvalue weighted by atomic mass is 15.1. The Morgan fingerprint density at radius 3 is 2.94 bits per heavy atom. The number of nitrogens with zero attached hydrogens (tertiary/aromatic N) is 2. The van der Waals surface area contributed by atoms with E-state index in [4.69, 9.17) is 5.73 Å². The number of imidazole rings is 1. The molecule has 0 radical (unpaired) electrons. The van der Waals surface area contributed by atoms with Gasteiger partial charge in [-0.2, -0.15) is 0 Å². The van der Waals surface area contributed by atoms with Crippen LogP contribution in [0, 0.1) is 6.92 Å². The van der Waals surface area contributed by atoms with E-state index in [1.807, 2.05) is 24.5 Å². The first-order valence-electron chi connectivity index (χ1n) is 6.06. The van der Waals surface area contributed by atoms with Crippen LogP contribution in [0.25, 0.3) is 0 Å². The molecule has 0 fully saturated rings. The molecule has 0 unspecified atom stereocenters. The normalized spacial score (nSPS) is 10.7. The first-order valence-corrected chi connectivity index (χ1v) is 6.06. The maximum absolute atomic E-state index is 5.92. The Labute approximate surface area is 102 Å². The Kier molecular flexibility index (Phi) is 3.47. The number of hydrogen-bond donors (Lipinski definition) is 1. The van der Waals surface area contributed by atoms with Gasteiger partial charge in [-0.05, 0) is 30.5 Å². The lowest BCUT2D eigenvalue weighted by atomic mass is 10.0. The molecule has 0 bridgehead atoms. The molecule has 17 heavy (non-hydrogen) atoms. The van der Waals surface area contributed by atoms with Crippen molar-refractivity contribution in [3.05, 3.63) is 47.5 Å². The van der Waals surface area contributed by atoms with E-state index in [1.54, 1.807) is 0 Å². The van der Waals surface area contributed by atoms with E-state index in [0.717, 1.165) is 30.9 Å². The minimum Gasteiger partial charge on any atom is -0.399 e. The molecule has 3 nitrogen and oxygen atoms in total. The second kappa shape index (κ2) is 5.04. The molecule has 1 heterocycles. The average molecular weight is 229 g/mol. The minimum atomic E-state index is 0.851. The lowest BCUT2D eigenvalue weighted by molar-refractivity contribution is 0.646. The van der Waals surface area contributed by atoms with Crippen LogP contribution in [0.15, 0.2) is 30.6 Å². The highest BCUT2D eigenvalue weighted by molar-refractivity contribution is 5.50. The fourth-order valence-electron chi connectivity index (χ4n) is 2.02. The van der Waals surface area contributed by atoms with Crippen LogP contribution < -0.4 is 5.73 Å². The smallest absolute Gasteiger partial charge is 0.113 e. The van der Waals surface area contributed by atoms with Gasteiger partial charge in [-0.25, -0.2) is 4.98 Å². The van der Waals surface area contributed by atoms with Crippen LogP contribution in [0.4, 0.5) is 5.69 Å². The van der Waals surface area contributed by atoms with Gasteiger partial charge in [0.1, 0.15) is 5.82 Å². The zero-order valence-corrected chi connectivity index (χ0v) is 10.5. The highest BCUT2D eigenvalue weighted by Crippen LogP contribution is 2.18. The van der Waals surface area contributed by atoms with Gasteiger partial charge in [0.15, 0.2) is 0 Å². The summed E-state index contributed by atoms with van der Waals surface area (Å²) in [5.41, 5.74) is 9.20. The summed E-state index contributed by atoms with van der Waals surface area (Å²) in [5.74, 6) is 1.11. The van der Waals surface area contributed by atoms with E-state index in [2.05, 4.69) is 29.5 Å². The number of aryl methyl sites for hydroxylation is 1. The molecule has 0 aliphatic rings. The summed E-state index contributed by atoms with van der Waals surface area (Å²) >= 11 is 0. The van der Waals surface area contributed by atoms with Gasteiger partial charge in [0.25, 0.3) is 0 Å². The predicted molar refractivity (Wildman–Crippen MR) is 70.9 cm³/mol. The fourth-order valence-corrected chi connectivity index (χ4v) is 2.02. The monoisotopic (exact) mass is 229 g/mol. The summed E-state index contributed by atoms with van der Waals surface area (Å²) in [6.45, 7) is 5.27. The number of aromatic nitrogens is 2. The zero-order chi connectivity index (χ0) is 12.3. The third-order valence-corrected chi connectivity index (χ3v) is 3.10. The topological polar surface area (TPSA) is 43.8 Å². The molecule has 0 amide bonds. The molecular weight excluding hydrogens is 210 g/mol. The van der Waals surface area contributed by atoms with Gasteiger partial charge in [0.05, 0.1) is 0 Å². The molecule has 1 aromatic heterocycles. The fraction of sp³-hybridized carbons (Fsp3) is 0.357. The molecule has 0 aliphatic heterocycles. The van der Waals surface area contributed by atoms with Gasteiger partial charge in [0, 0.05) is 31.0 Å². The lowest BCUT2D eigenvalue weighted by Crippen LogP contribution is -2.05. The van der Waals surface area contributed by atoms with Crippen molar-refractivity contribution in [1.29, 1.82) is 0 Å². The van der Waals surface area contributed by atoms with Crippen LogP contribution in [-0.2, 0) is 13.0 Å². The first kappa shape index (κ1) is 11.7. The Morgan fingerprint density at radius 1 is 1.35 bits per heavy atom. The van der Waals surface area contributed by atoms with Crippen molar-refractivity contribution >= 4 is 5.69 Å². The molecule has 0 atom stereocenters. The summed E-state index contributed by atoms with van der Waals surface area (Å²) < 4.78 is 2.21. The molecule has 0 spiro atoms. The quantitative estimate of drug-likeness (QED) is 0.819. The van der Waals surface area contributed by atoms with Crippen molar-refractivity contribution in [2.45, 2.75) is 33.2 Å². The summed E-state index contributed by atoms with van der Waals surface area (Å²) in [6, 6.07) is 6.07. The maximum Gasteiger partial charge on any atom is 0.113 e. The average Bonchev–Trinajstić information content (AvgIpc) is 2.73. The number of nitrogen functional groups attached to an aromatic ring is 1. The third kappa shape index (κ3) is 2.49. The standard InChI is InChI=1S/C14H19N3/c1-3-8-17-9-7-16-14(17)10-12-5-4-6-13(15)11(12)2/h4-7,9H,3,8,10,15H2,1-2H3. The SMILES string of the molecule is CCCn1ccnc1Cc1cccc(N)c1C. The number of benzene rings is 1. The van der Waals surface area contributed by atoms with E-state index in [0.29, 0.717) is 0 Å². The van der Waals surface area contributed by atoms with E-state index < -0.39 is 0 Å². The van der Waals surface area contributed by atoms with Crippen molar-refractivity contribution < 1.29 is 0 Å². The Bertz CT molecular complexity index is 500. The minimum absolute atomic E-state index is 0.851. The van der Waals surface area contributed by atoms with Crippen LogP contribution in [0.5, 0.6) is 0 Å². The molecule has 2 aromatic rings. The summed E-state index contributed by atoms with van der Waals surface area (Å²) in [5, 5.41) is 0. The van der Waals surface area contributed by atoms with Gasteiger partial charge in [-0.1, -0.05) is 19.1 Å². The van der Waals surface area contributed by atoms with Gasteiger partial charge in [0.2, 0.25) is 0 Å². The first-order chi connectivity index (χ1) is 8.22. The summed E-state index contributed by atoms with van der Waals surface area (Å²) in [4.78, 5) is 4.42. The van der Waals surface area contributed by atoms with Crippen molar-refractivity contribution in [2.75, 3.05) is 5.73 Å². The molecule has 0 saturated carbocycles. The number of rotatable bonds is 4. The van der Waals surface area contributed by atoms with Crippen LogP contribution >= 0.6 is 0 Å².